The predicted molar refractivity (Wildman–Crippen MR) is 119 cm³/mol. The topological polar surface area (TPSA) is 12.4 Å². The van der Waals surface area contributed by atoms with Gasteiger partial charge in [0.15, 0.2) is 0 Å². The molecule has 0 bridgehead atoms. The van der Waals surface area contributed by atoms with E-state index in [0.717, 1.165) is 24.3 Å². The van der Waals surface area contributed by atoms with Gasteiger partial charge in [-0.15, -0.1) is 0 Å². The number of benzene rings is 2. The molecule has 0 aromatic heterocycles. The van der Waals surface area contributed by atoms with Crippen molar-refractivity contribution in [2.45, 2.75) is 33.6 Å². The van der Waals surface area contributed by atoms with Gasteiger partial charge >= 0.3 is 0 Å². The molecule has 1 heterocycles. The van der Waals surface area contributed by atoms with E-state index in [0.29, 0.717) is 0 Å². The van der Waals surface area contributed by atoms with Crippen LogP contribution >= 0.6 is 0 Å². The van der Waals surface area contributed by atoms with Gasteiger partial charge < -0.3 is 0 Å². The maximum atomic E-state index is 4.72. The van der Waals surface area contributed by atoms with Crippen LogP contribution in [0.3, 0.4) is 0 Å². The van der Waals surface area contributed by atoms with Crippen molar-refractivity contribution in [3.05, 3.63) is 107 Å². The van der Waals surface area contributed by atoms with Gasteiger partial charge in [-0.3, -0.25) is 0 Å². The average Bonchev–Trinajstić information content (AvgIpc) is 2.74. The summed E-state index contributed by atoms with van der Waals surface area (Å²) in [6.45, 7) is 6.08. The van der Waals surface area contributed by atoms with E-state index in [1.54, 1.807) is 0 Å². The number of hydrogen-bond acceptors (Lipinski definition) is 1. The summed E-state index contributed by atoms with van der Waals surface area (Å²) >= 11 is 0. The van der Waals surface area contributed by atoms with E-state index in [1.165, 1.54) is 27.8 Å². The van der Waals surface area contributed by atoms with Crippen molar-refractivity contribution < 1.29 is 0 Å². The first kappa shape index (κ1) is 18.8. The molecule has 2 aliphatic rings. The molecular formula is C26H27N. The molecule has 0 unspecified atom stereocenters. The summed E-state index contributed by atoms with van der Waals surface area (Å²) in [5.41, 5.74) is 8.87. The molecule has 0 spiro atoms. The molecule has 1 aliphatic carbocycles. The molecule has 0 saturated heterocycles. The first-order valence-corrected chi connectivity index (χ1v) is 9.83. The second kappa shape index (κ2) is 9.14. The molecule has 0 saturated carbocycles. The summed E-state index contributed by atoms with van der Waals surface area (Å²) in [5, 5.41) is 0. The summed E-state index contributed by atoms with van der Waals surface area (Å²) in [6.07, 6.45) is 10.9. The van der Waals surface area contributed by atoms with Crippen LogP contribution in [0.2, 0.25) is 0 Å². The van der Waals surface area contributed by atoms with Gasteiger partial charge in [-0.05, 0) is 54.2 Å². The summed E-state index contributed by atoms with van der Waals surface area (Å²) in [5.74, 6) is 0. The Labute approximate surface area is 163 Å². The Bertz CT molecular complexity index is 923. The van der Waals surface area contributed by atoms with E-state index >= 15 is 0 Å². The van der Waals surface area contributed by atoms with Gasteiger partial charge in [0.1, 0.15) is 0 Å². The van der Waals surface area contributed by atoms with E-state index in [4.69, 9.17) is 4.99 Å². The highest BCUT2D eigenvalue weighted by Gasteiger charge is 2.23. The van der Waals surface area contributed by atoms with E-state index in [9.17, 15) is 0 Å². The highest BCUT2D eigenvalue weighted by atomic mass is 14.8. The number of hydrogen-bond donors (Lipinski definition) is 0. The van der Waals surface area contributed by atoms with Crippen LogP contribution in [0.25, 0.3) is 11.1 Å². The normalized spacial score (nSPS) is 16.0. The average molecular weight is 354 g/mol. The lowest BCUT2D eigenvalue weighted by Crippen LogP contribution is -2.16. The van der Waals surface area contributed by atoms with Gasteiger partial charge in [0.2, 0.25) is 0 Å². The Balaban J connectivity index is 0.00000102. The minimum Gasteiger partial charge on any atom is -0.248 e. The van der Waals surface area contributed by atoms with Gasteiger partial charge in [-0.25, -0.2) is 4.99 Å². The van der Waals surface area contributed by atoms with Crippen LogP contribution in [0.5, 0.6) is 0 Å². The molecule has 0 fully saturated rings. The first-order chi connectivity index (χ1) is 13.3. The predicted octanol–water partition coefficient (Wildman–Crippen LogP) is 7.26. The lowest BCUT2D eigenvalue weighted by molar-refractivity contribution is 0.980. The van der Waals surface area contributed by atoms with E-state index in [2.05, 4.69) is 85.8 Å². The zero-order valence-electron chi connectivity index (χ0n) is 16.4. The summed E-state index contributed by atoms with van der Waals surface area (Å²) < 4.78 is 0. The van der Waals surface area contributed by atoms with Crippen LogP contribution in [0.1, 0.15) is 44.7 Å². The van der Waals surface area contributed by atoms with Crippen molar-refractivity contribution in [3.63, 3.8) is 0 Å². The lowest BCUT2D eigenvalue weighted by Gasteiger charge is -2.25. The SMILES string of the molecule is C/C=C(\C=C/C1=C2CCC(c3ccccc3)=CC2=N1)c1ccccc1.CC. The molecule has 1 nitrogen and oxygen atoms in total. The Morgan fingerprint density at radius 2 is 1.56 bits per heavy atom. The van der Waals surface area contributed by atoms with Gasteiger partial charge in [-0.2, -0.15) is 0 Å². The number of aliphatic imine (C=N–C) groups is 1. The Morgan fingerprint density at radius 3 is 2.19 bits per heavy atom. The fourth-order valence-electron chi connectivity index (χ4n) is 3.39. The van der Waals surface area contributed by atoms with Crippen LogP contribution in [-0.2, 0) is 0 Å². The summed E-state index contributed by atoms with van der Waals surface area (Å²) in [7, 11) is 0. The van der Waals surface area contributed by atoms with Crippen molar-refractivity contribution >= 4 is 16.9 Å². The second-order valence-electron chi connectivity index (χ2n) is 6.34. The van der Waals surface area contributed by atoms with Gasteiger partial charge in [-0.1, -0.05) is 86.7 Å². The minimum atomic E-state index is 1.08. The largest absolute Gasteiger partial charge is 0.248 e. The lowest BCUT2D eigenvalue weighted by atomic mass is 9.85. The maximum Gasteiger partial charge on any atom is 0.0693 e. The van der Waals surface area contributed by atoms with Gasteiger partial charge in [0.25, 0.3) is 0 Å². The smallest absolute Gasteiger partial charge is 0.0693 e. The Kier molecular flexibility index (Phi) is 6.38. The van der Waals surface area contributed by atoms with E-state index in [-0.39, 0.29) is 0 Å². The standard InChI is InChI=1S/C24H21N.C2H6/c1-2-18(19-9-5-3-6-10-19)14-16-23-22-15-13-21(17-24(22)25-23)20-11-7-4-8-12-20;1-2/h2-12,14,16-17H,13,15H2,1H3;1-2H3/b16-14-,18-2+;. The second-order valence-corrected chi connectivity index (χ2v) is 6.34. The number of nitrogens with zero attached hydrogens (tertiary/aromatic N) is 1. The quantitative estimate of drug-likeness (QED) is 0.513. The zero-order valence-corrected chi connectivity index (χ0v) is 16.4. The number of allylic oxidation sites excluding steroid dienone is 7. The number of rotatable bonds is 4. The third kappa shape index (κ3) is 4.25. The minimum absolute atomic E-state index is 1.08. The van der Waals surface area contributed by atoms with Crippen LogP contribution in [0.15, 0.2) is 101 Å². The Morgan fingerprint density at radius 1 is 0.889 bits per heavy atom. The molecule has 0 radical (unpaired) electrons. The third-order valence-electron chi connectivity index (χ3n) is 4.80. The molecule has 0 N–H and O–H groups in total. The fourth-order valence-corrected chi connectivity index (χ4v) is 3.39. The summed E-state index contributed by atoms with van der Waals surface area (Å²) in [6, 6.07) is 21.1. The maximum absolute atomic E-state index is 4.72. The van der Waals surface area contributed by atoms with Crippen LogP contribution in [0.4, 0.5) is 0 Å². The van der Waals surface area contributed by atoms with E-state index < -0.39 is 0 Å². The van der Waals surface area contributed by atoms with Crippen molar-refractivity contribution in [3.8, 4) is 0 Å². The van der Waals surface area contributed by atoms with E-state index in [1.807, 2.05) is 19.9 Å². The van der Waals surface area contributed by atoms with Gasteiger partial charge in [0, 0.05) is 5.57 Å². The molecule has 2 aromatic carbocycles. The van der Waals surface area contributed by atoms with Crippen molar-refractivity contribution in [2.24, 2.45) is 4.99 Å². The van der Waals surface area contributed by atoms with Crippen LogP contribution in [0, 0.1) is 0 Å². The zero-order chi connectivity index (χ0) is 19.1. The number of fused-ring (bicyclic) bond motifs is 1. The van der Waals surface area contributed by atoms with Crippen LogP contribution < -0.4 is 0 Å². The van der Waals surface area contributed by atoms with Crippen molar-refractivity contribution in [1.82, 2.24) is 0 Å². The molecule has 0 atom stereocenters. The van der Waals surface area contributed by atoms with Crippen LogP contribution in [-0.4, -0.2) is 5.71 Å². The monoisotopic (exact) mass is 353 g/mol. The fraction of sp³-hybridized carbons (Fsp3) is 0.192. The first-order valence-electron chi connectivity index (χ1n) is 9.83. The molecule has 1 aliphatic heterocycles. The highest BCUT2D eigenvalue weighted by Crippen LogP contribution is 2.36. The summed E-state index contributed by atoms with van der Waals surface area (Å²) in [4.78, 5) is 4.72. The molecule has 1 heteroatoms. The van der Waals surface area contributed by atoms with Gasteiger partial charge in [0.05, 0.1) is 11.4 Å². The molecule has 2 aromatic rings. The third-order valence-corrected chi connectivity index (χ3v) is 4.80. The highest BCUT2D eigenvalue weighted by molar-refractivity contribution is 6.18. The van der Waals surface area contributed by atoms with Crippen molar-refractivity contribution in [1.29, 1.82) is 0 Å². The molecule has 0 amide bonds. The molecule has 27 heavy (non-hydrogen) atoms. The molecular weight excluding hydrogens is 326 g/mol. The Hall–Kier alpha value is -2.93. The molecule has 136 valence electrons. The molecule has 4 rings (SSSR count). The van der Waals surface area contributed by atoms with Crippen molar-refractivity contribution in [2.75, 3.05) is 0 Å².